The maximum Gasteiger partial charge on any atom is 0.238 e. The molecule has 4 heteroatoms. The van der Waals surface area contributed by atoms with Gasteiger partial charge in [0, 0.05) is 18.2 Å². The van der Waals surface area contributed by atoms with E-state index in [2.05, 4.69) is 29.3 Å². The third kappa shape index (κ3) is 4.14. The highest BCUT2D eigenvalue weighted by molar-refractivity contribution is 5.93. The molecular weight excluding hydrogens is 264 g/mol. The molecule has 0 saturated carbocycles. The van der Waals surface area contributed by atoms with Crippen molar-refractivity contribution in [3.8, 4) is 0 Å². The summed E-state index contributed by atoms with van der Waals surface area (Å²) < 4.78 is 0. The minimum Gasteiger partial charge on any atom is -0.324 e. The van der Waals surface area contributed by atoms with Crippen LogP contribution in [0.4, 0.5) is 5.69 Å². The highest BCUT2D eigenvalue weighted by atomic mass is 16.2. The van der Waals surface area contributed by atoms with Crippen LogP contribution in [0.1, 0.15) is 29.5 Å². The number of piperidine rings is 1. The van der Waals surface area contributed by atoms with Crippen LogP contribution in [0.3, 0.4) is 0 Å². The maximum atomic E-state index is 12.2. The van der Waals surface area contributed by atoms with Crippen molar-refractivity contribution in [3.05, 3.63) is 28.8 Å². The molecule has 2 rings (SSSR count). The molecule has 1 aromatic rings. The second-order valence-corrected chi connectivity index (χ2v) is 6.10. The Morgan fingerprint density at radius 3 is 2.62 bits per heavy atom. The Morgan fingerprint density at radius 2 is 2.00 bits per heavy atom. The van der Waals surface area contributed by atoms with Crippen molar-refractivity contribution >= 4 is 17.9 Å². The standard InChI is InChI=1S/C17H24N2O2/c1-12-7-13(2)17(14(3)8-12)18-16(21)10-19-6-4-5-15(9-19)11-20/h7-8,11,15H,4-6,9-10H2,1-3H3,(H,18,21). The molecule has 0 radical (unpaired) electrons. The number of carbonyl (C=O) groups excluding carboxylic acids is 2. The van der Waals surface area contributed by atoms with Gasteiger partial charge in [0.25, 0.3) is 0 Å². The lowest BCUT2D eigenvalue weighted by Gasteiger charge is -2.29. The van der Waals surface area contributed by atoms with Gasteiger partial charge in [-0.25, -0.2) is 0 Å². The van der Waals surface area contributed by atoms with E-state index in [1.54, 1.807) is 0 Å². The molecule has 1 unspecified atom stereocenters. The van der Waals surface area contributed by atoms with Crippen LogP contribution in [0.25, 0.3) is 0 Å². The zero-order valence-corrected chi connectivity index (χ0v) is 13.1. The molecule has 1 amide bonds. The number of nitrogens with zero attached hydrogens (tertiary/aromatic N) is 1. The SMILES string of the molecule is Cc1cc(C)c(NC(=O)CN2CCCC(C=O)C2)c(C)c1. The second kappa shape index (κ2) is 6.85. The molecule has 0 bridgehead atoms. The number of hydrogen-bond acceptors (Lipinski definition) is 3. The second-order valence-electron chi connectivity index (χ2n) is 6.10. The fraction of sp³-hybridized carbons (Fsp3) is 0.529. The number of carbonyl (C=O) groups is 2. The first-order valence-electron chi connectivity index (χ1n) is 7.55. The van der Waals surface area contributed by atoms with Gasteiger partial charge in [-0.05, 0) is 51.3 Å². The van der Waals surface area contributed by atoms with Gasteiger partial charge in [0.2, 0.25) is 5.91 Å². The number of rotatable bonds is 4. The van der Waals surface area contributed by atoms with E-state index in [9.17, 15) is 9.59 Å². The van der Waals surface area contributed by atoms with Crippen molar-refractivity contribution in [2.45, 2.75) is 33.6 Å². The maximum absolute atomic E-state index is 12.2. The van der Waals surface area contributed by atoms with E-state index in [1.165, 1.54) is 5.56 Å². The lowest BCUT2D eigenvalue weighted by Crippen LogP contribution is -2.41. The third-order valence-corrected chi connectivity index (χ3v) is 4.04. The minimum absolute atomic E-state index is 0.00315. The van der Waals surface area contributed by atoms with Crippen LogP contribution < -0.4 is 5.32 Å². The lowest BCUT2D eigenvalue weighted by atomic mass is 10.00. The minimum atomic E-state index is -0.00315. The Kier molecular flexibility index (Phi) is 5.12. The fourth-order valence-electron chi connectivity index (χ4n) is 3.11. The number of hydrogen-bond donors (Lipinski definition) is 1. The lowest BCUT2D eigenvalue weighted by molar-refractivity contribution is -0.119. The first-order chi connectivity index (χ1) is 9.99. The zero-order valence-electron chi connectivity index (χ0n) is 13.1. The summed E-state index contributed by atoms with van der Waals surface area (Å²) in [5, 5.41) is 3.02. The fourth-order valence-corrected chi connectivity index (χ4v) is 3.11. The Morgan fingerprint density at radius 1 is 1.33 bits per heavy atom. The smallest absolute Gasteiger partial charge is 0.238 e. The summed E-state index contributed by atoms with van der Waals surface area (Å²) in [4.78, 5) is 25.2. The molecule has 0 aromatic heterocycles. The van der Waals surface area contributed by atoms with Gasteiger partial charge in [-0.2, -0.15) is 0 Å². The van der Waals surface area contributed by atoms with E-state index in [1.807, 2.05) is 13.8 Å². The Labute approximate surface area is 126 Å². The molecule has 4 nitrogen and oxygen atoms in total. The van der Waals surface area contributed by atoms with E-state index in [0.717, 1.165) is 42.5 Å². The van der Waals surface area contributed by atoms with Crippen LogP contribution in [0, 0.1) is 26.7 Å². The van der Waals surface area contributed by atoms with Gasteiger partial charge >= 0.3 is 0 Å². The molecule has 0 aliphatic carbocycles. The van der Waals surface area contributed by atoms with E-state index in [4.69, 9.17) is 0 Å². The molecule has 1 aliphatic rings. The van der Waals surface area contributed by atoms with Gasteiger partial charge in [0.05, 0.1) is 6.54 Å². The van der Waals surface area contributed by atoms with Crippen molar-refractivity contribution in [2.24, 2.45) is 5.92 Å². The predicted octanol–water partition coefficient (Wildman–Crippen LogP) is 2.46. The summed E-state index contributed by atoms with van der Waals surface area (Å²) >= 11 is 0. The van der Waals surface area contributed by atoms with Crippen LogP contribution in [0.5, 0.6) is 0 Å². The third-order valence-electron chi connectivity index (χ3n) is 4.04. The van der Waals surface area contributed by atoms with Crippen molar-refractivity contribution in [1.29, 1.82) is 0 Å². The molecule has 21 heavy (non-hydrogen) atoms. The van der Waals surface area contributed by atoms with Crippen LogP contribution in [0.2, 0.25) is 0 Å². The molecule has 114 valence electrons. The molecule has 1 aliphatic heterocycles. The molecule has 1 saturated heterocycles. The van der Waals surface area contributed by atoms with Gasteiger partial charge in [-0.1, -0.05) is 17.7 Å². The van der Waals surface area contributed by atoms with E-state index in [-0.39, 0.29) is 11.8 Å². The van der Waals surface area contributed by atoms with Crippen LogP contribution in [0.15, 0.2) is 12.1 Å². The molecule has 1 fully saturated rings. The van der Waals surface area contributed by atoms with Crippen molar-refractivity contribution in [2.75, 3.05) is 25.0 Å². The molecule has 1 aromatic carbocycles. The van der Waals surface area contributed by atoms with Gasteiger partial charge in [-0.3, -0.25) is 9.69 Å². The zero-order chi connectivity index (χ0) is 15.4. The highest BCUT2D eigenvalue weighted by Crippen LogP contribution is 2.22. The number of anilines is 1. The number of amides is 1. The van der Waals surface area contributed by atoms with Gasteiger partial charge in [-0.15, -0.1) is 0 Å². The highest BCUT2D eigenvalue weighted by Gasteiger charge is 2.21. The van der Waals surface area contributed by atoms with Crippen LogP contribution >= 0.6 is 0 Å². The number of nitrogens with one attached hydrogen (secondary N) is 1. The van der Waals surface area contributed by atoms with Crippen LogP contribution in [-0.2, 0) is 9.59 Å². The monoisotopic (exact) mass is 288 g/mol. The molecule has 1 heterocycles. The quantitative estimate of drug-likeness (QED) is 0.866. The first kappa shape index (κ1) is 15.7. The summed E-state index contributed by atoms with van der Waals surface area (Å²) in [5.41, 5.74) is 4.29. The molecule has 1 N–H and O–H groups in total. The largest absolute Gasteiger partial charge is 0.324 e. The van der Waals surface area contributed by atoms with Gasteiger partial charge in [0.15, 0.2) is 0 Å². The van der Waals surface area contributed by atoms with E-state index in [0.29, 0.717) is 13.1 Å². The topological polar surface area (TPSA) is 49.4 Å². The molecule has 1 atom stereocenters. The predicted molar refractivity (Wildman–Crippen MR) is 84.5 cm³/mol. The average Bonchev–Trinajstić information content (AvgIpc) is 2.43. The number of aryl methyl sites for hydroxylation is 3. The Hall–Kier alpha value is -1.68. The molecule has 0 spiro atoms. The summed E-state index contributed by atoms with van der Waals surface area (Å²) in [6, 6.07) is 4.15. The van der Waals surface area contributed by atoms with E-state index < -0.39 is 0 Å². The Bertz CT molecular complexity index is 517. The Balaban J connectivity index is 1.97. The van der Waals surface area contributed by atoms with E-state index >= 15 is 0 Å². The van der Waals surface area contributed by atoms with Gasteiger partial charge in [0.1, 0.15) is 6.29 Å². The first-order valence-corrected chi connectivity index (χ1v) is 7.55. The number of likely N-dealkylation sites (tertiary alicyclic amines) is 1. The summed E-state index contributed by atoms with van der Waals surface area (Å²) in [7, 11) is 0. The average molecular weight is 288 g/mol. The van der Waals surface area contributed by atoms with Crippen molar-refractivity contribution < 1.29 is 9.59 Å². The van der Waals surface area contributed by atoms with Crippen molar-refractivity contribution in [3.63, 3.8) is 0 Å². The normalized spacial score (nSPS) is 19.3. The summed E-state index contributed by atoms with van der Waals surface area (Å²) in [5.74, 6) is 0.0750. The summed E-state index contributed by atoms with van der Waals surface area (Å²) in [6.45, 7) is 8.03. The van der Waals surface area contributed by atoms with Crippen molar-refractivity contribution in [1.82, 2.24) is 4.90 Å². The summed E-state index contributed by atoms with van der Waals surface area (Å²) in [6.07, 6.45) is 2.94. The van der Waals surface area contributed by atoms with Crippen LogP contribution in [-0.4, -0.2) is 36.7 Å². The number of aldehydes is 1. The molecular formula is C17H24N2O2. The van der Waals surface area contributed by atoms with Gasteiger partial charge < -0.3 is 10.1 Å². The number of benzene rings is 1.